The molecule has 1 aliphatic carbocycles. The zero-order valence-electron chi connectivity index (χ0n) is 22.1. The fourth-order valence-corrected chi connectivity index (χ4v) is 10.6. The van der Waals surface area contributed by atoms with Gasteiger partial charge in [-0.1, -0.05) is 171 Å². The maximum Gasteiger partial charge on any atom is 0.0350 e. The average molecular weight is 538 g/mol. The van der Waals surface area contributed by atoms with Crippen LogP contribution in [0, 0.1) is 5.92 Å². The fraction of sp³-hybridized carbons (Fsp3) is 0.0541. The predicted octanol–water partition coefficient (Wildman–Crippen LogP) is 7.49. The Labute approximate surface area is 235 Å². The van der Waals surface area contributed by atoms with E-state index in [1.807, 2.05) is 0 Å². The molecule has 0 saturated carbocycles. The van der Waals surface area contributed by atoms with Gasteiger partial charge in [-0.05, 0) is 59.2 Å². The molecule has 0 aliphatic heterocycles. The number of benzene rings is 5. The average Bonchev–Trinajstić information content (AvgIpc) is 3.50. The Morgan fingerprint density at radius 3 is 1.44 bits per heavy atom. The smallest absolute Gasteiger partial charge is 0.0350 e. The third kappa shape index (κ3) is 5.46. The van der Waals surface area contributed by atoms with Crippen LogP contribution in [-0.4, -0.2) is 5.66 Å². The molecule has 0 heterocycles. The molecule has 189 valence electrons. The first kappa shape index (κ1) is 25.7. The van der Waals surface area contributed by atoms with Crippen molar-refractivity contribution in [3.05, 3.63) is 175 Å². The van der Waals surface area contributed by atoms with Crippen LogP contribution in [0.25, 0.3) is 5.57 Å². The van der Waals surface area contributed by atoms with Crippen molar-refractivity contribution in [2.75, 3.05) is 0 Å². The van der Waals surface area contributed by atoms with Gasteiger partial charge >= 0.3 is 0 Å². The first-order valence-corrected chi connectivity index (χ1v) is 16.2. The van der Waals surface area contributed by atoms with Gasteiger partial charge in [0.1, 0.15) is 0 Å². The summed E-state index contributed by atoms with van der Waals surface area (Å²) in [7, 11) is -1.28. The van der Waals surface area contributed by atoms with Crippen molar-refractivity contribution in [1.82, 2.24) is 0 Å². The van der Waals surface area contributed by atoms with Crippen LogP contribution in [0.1, 0.15) is 12.5 Å². The first-order chi connectivity index (χ1) is 19.3. The van der Waals surface area contributed by atoms with Gasteiger partial charge in [-0.2, -0.15) is 0 Å². The highest BCUT2D eigenvalue weighted by Crippen LogP contribution is 2.50. The van der Waals surface area contributed by atoms with Crippen LogP contribution in [0.5, 0.6) is 0 Å². The molecule has 0 spiro atoms. The monoisotopic (exact) mass is 537 g/mol. The van der Waals surface area contributed by atoms with Gasteiger partial charge in [0, 0.05) is 5.92 Å². The molecule has 39 heavy (non-hydrogen) atoms. The molecule has 0 N–H and O–H groups in total. The van der Waals surface area contributed by atoms with Crippen LogP contribution in [0.3, 0.4) is 0 Å². The summed E-state index contributed by atoms with van der Waals surface area (Å²) >= 11 is 0. The third-order valence-electron chi connectivity index (χ3n) is 7.22. The summed E-state index contributed by atoms with van der Waals surface area (Å²) in [6.45, 7) is 2.42. The standard InChI is InChI=1S/C37H31P2/c1-29(38(30-17-6-2-7-18-30)31-19-8-3-9-20-31)34-26-16-27-35(34)36-25-14-15-28-37(36)39(32-21-10-4-11-22-32)33-23-12-5-13-24-33/h2-29H,1H3/t29-/m1/s1. The summed E-state index contributed by atoms with van der Waals surface area (Å²) in [5.41, 5.74) is 3.07. The van der Waals surface area contributed by atoms with Gasteiger partial charge in [0.2, 0.25) is 0 Å². The molecular formula is C37H31P2. The Balaban J connectivity index is 1.43. The maximum atomic E-state index is 2.42. The van der Waals surface area contributed by atoms with Crippen molar-refractivity contribution >= 4 is 47.9 Å². The van der Waals surface area contributed by atoms with Crippen molar-refractivity contribution in [2.24, 2.45) is 0 Å². The summed E-state index contributed by atoms with van der Waals surface area (Å²) in [5, 5.41) is 7.00. The van der Waals surface area contributed by atoms with Crippen molar-refractivity contribution < 1.29 is 0 Å². The Kier molecular flexibility index (Phi) is 7.97. The van der Waals surface area contributed by atoms with Crippen molar-refractivity contribution in [3.8, 4) is 0 Å². The second-order valence-corrected chi connectivity index (χ2v) is 14.4. The number of rotatable bonds is 8. The number of allylic oxidation sites excluding steroid dienone is 4. The molecule has 1 aliphatic rings. The fourth-order valence-electron chi connectivity index (χ4n) is 5.43. The minimum absolute atomic E-state index is 0.363. The highest BCUT2D eigenvalue weighted by atomic mass is 31.1. The molecule has 0 nitrogen and oxygen atoms in total. The zero-order chi connectivity index (χ0) is 26.4. The van der Waals surface area contributed by atoms with E-state index in [0.717, 1.165) is 0 Å². The second-order valence-electron chi connectivity index (χ2n) is 9.64. The highest BCUT2D eigenvalue weighted by Gasteiger charge is 2.33. The van der Waals surface area contributed by atoms with Crippen LogP contribution in [0.15, 0.2) is 164 Å². The van der Waals surface area contributed by atoms with Crippen LogP contribution in [-0.2, 0) is 0 Å². The summed E-state index contributed by atoms with van der Waals surface area (Å²) in [4.78, 5) is 0. The van der Waals surface area contributed by atoms with Gasteiger partial charge in [-0.25, -0.2) is 0 Å². The Bertz CT molecular complexity index is 1480. The van der Waals surface area contributed by atoms with Crippen molar-refractivity contribution in [3.63, 3.8) is 0 Å². The highest BCUT2D eigenvalue weighted by molar-refractivity contribution is 7.80. The van der Waals surface area contributed by atoms with Crippen LogP contribution in [0.4, 0.5) is 0 Å². The minimum Gasteiger partial charge on any atom is -0.0721 e. The molecule has 0 fully saturated rings. The SMILES string of the molecule is C[C@H]([C]1C=CC=C1c1ccccc1P(c1ccccc1)c1ccccc1)P(c1ccccc1)c1ccccc1. The lowest BCUT2D eigenvalue weighted by Gasteiger charge is -2.32. The summed E-state index contributed by atoms with van der Waals surface area (Å²) in [6, 6.07) is 53.2. The lowest BCUT2D eigenvalue weighted by atomic mass is 9.93. The topological polar surface area (TPSA) is 0 Å². The van der Waals surface area contributed by atoms with E-state index in [1.54, 1.807) is 0 Å². The molecule has 0 aromatic heterocycles. The first-order valence-electron chi connectivity index (χ1n) is 13.5. The quantitative estimate of drug-likeness (QED) is 0.180. The van der Waals surface area contributed by atoms with Gasteiger partial charge in [0.05, 0.1) is 0 Å². The molecule has 0 amide bonds. The van der Waals surface area contributed by atoms with Gasteiger partial charge in [0.15, 0.2) is 0 Å². The lowest BCUT2D eigenvalue weighted by molar-refractivity contribution is 1.08. The Morgan fingerprint density at radius 2 is 0.923 bits per heavy atom. The maximum absolute atomic E-state index is 2.42. The van der Waals surface area contributed by atoms with Gasteiger partial charge in [-0.15, -0.1) is 0 Å². The van der Waals surface area contributed by atoms with Crippen molar-refractivity contribution in [2.45, 2.75) is 12.6 Å². The molecule has 5 aromatic rings. The Hall–Kier alpha value is -3.56. The van der Waals surface area contributed by atoms with Crippen LogP contribution in [0.2, 0.25) is 0 Å². The summed E-state index contributed by atoms with van der Waals surface area (Å²) < 4.78 is 0. The second kappa shape index (κ2) is 12.1. The molecule has 1 atom stereocenters. The van der Waals surface area contributed by atoms with E-state index >= 15 is 0 Å². The summed E-state index contributed by atoms with van der Waals surface area (Å²) in [5.74, 6) is 1.43. The number of hydrogen-bond acceptors (Lipinski definition) is 0. The molecular weight excluding hydrogens is 506 g/mol. The van der Waals surface area contributed by atoms with E-state index in [1.165, 1.54) is 43.6 Å². The lowest BCUT2D eigenvalue weighted by Crippen LogP contribution is -2.27. The van der Waals surface area contributed by atoms with E-state index in [4.69, 9.17) is 0 Å². The summed E-state index contributed by atoms with van der Waals surface area (Å²) in [6.07, 6.45) is 6.93. The van der Waals surface area contributed by atoms with Gasteiger partial charge < -0.3 is 0 Å². The van der Waals surface area contributed by atoms with Gasteiger partial charge in [0.25, 0.3) is 0 Å². The van der Waals surface area contributed by atoms with E-state index < -0.39 is 15.8 Å². The minimum atomic E-state index is -0.701. The van der Waals surface area contributed by atoms with E-state index in [-0.39, 0.29) is 0 Å². The Morgan fingerprint density at radius 1 is 0.487 bits per heavy atom. The van der Waals surface area contributed by atoms with E-state index in [9.17, 15) is 0 Å². The molecule has 5 aromatic carbocycles. The molecule has 0 bridgehead atoms. The van der Waals surface area contributed by atoms with E-state index in [2.05, 4.69) is 171 Å². The molecule has 2 heteroatoms. The molecule has 0 unspecified atom stereocenters. The molecule has 0 saturated heterocycles. The normalized spacial score (nSPS) is 14.1. The molecule has 1 radical (unpaired) electrons. The third-order valence-corrected chi connectivity index (χ3v) is 12.5. The largest absolute Gasteiger partial charge is 0.0721 e. The van der Waals surface area contributed by atoms with Crippen molar-refractivity contribution in [1.29, 1.82) is 0 Å². The van der Waals surface area contributed by atoms with Gasteiger partial charge in [-0.3, -0.25) is 0 Å². The molecule has 6 rings (SSSR count). The van der Waals surface area contributed by atoms with E-state index in [0.29, 0.717) is 5.66 Å². The zero-order valence-corrected chi connectivity index (χ0v) is 23.8. The van der Waals surface area contributed by atoms with Crippen LogP contribution < -0.4 is 26.5 Å². The predicted molar refractivity (Wildman–Crippen MR) is 174 cm³/mol. The number of hydrogen-bond donors (Lipinski definition) is 0. The van der Waals surface area contributed by atoms with Crippen LogP contribution >= 0.6 is 15.8 Å².